The Bertz CT molecular complexity index is 855. The van der Waals surface area contributed by atoms with E-state index in [-0.39, 0.29) is 12.5 Å². The lowest BCUT2D eigenvalue weighted by Crippen LogP contribution is -2.45. The molecule has 0 aliphatic carbocycles. The van der Waals surface area contributed by atoms with Crippen molar-refractivity contribution in [1.82, 2.24) is 5.32 Å². The number of hydrogen-bond acceptors (Lipinski definition) is 3. The molecule has 0 aliphatic heterocycles. The third-order valence-electron chi connectivity index (χ3n) is 12.7. The average Bonchev–Trinajstić information content (AvgIpc) is 3.24. The normalized spacial score (nSPS) is 12.9. The lowest BCUT2D eigenvalue weighted by atomic mass is 10.0. The van der Waals surface area contributed by atoms with Gasteiger partial charge in [-0.15, -0.1) is 0 Å². The van der Waals surface area contributed by atoms with E-state index in [4.69, 9.17) is 0 Å². The van der Waals surface area contributed by atoms with Crippen molar-refractivity contribution in [3.8, 4) is 0 Å². The molecule has 0 saturated heterocycles. The zero-order valence-electron chi connectivity index (χ0n) is 40.3. The van der Waals surface area contributed by atoms with Crippen LogP contribution in [0.2, 0.25) is 0 Å². The van der Waals surface area contributed by atoms with Crippen LogP contribution in [0.3, 0.4) is 0 Å². The second-order valence-electron chi connectivity index (χ2n) is 18.7. The molecule has 3 N–H and O–H groups in total. The van der Waals surface area contributed by atoms with Gasteiger partial charge in [0.05, 0.1) is 18.8 Å². The van der Waals surface area contributed by atoms with Crippen LogP contribution in [0.5, 0.6) is 0 Å². The molecule has 4 heteroatoms. The maximum Gasteiger partial charge on any atom is 0.220 e. The van der Waals surface area contributed by atoms with Gasteiger partial charge >= 0.3 is 0 Å². The van der Waals surface area contributed by atoms with Gasteiger partial charge in [-0.25, -0.2) is 0 Å². The summed E-state index contributed by atoms with van der Waals surface area (Å²) in [5.41, 5.74) is 0. The van der Waals surface area contributed by atoms with Gasteiger partial charge in [0.2, 0.25) is 5.91 Å². The van der Waals surface area contributed by atoms with Crippen molar-refractivity contribution < 1.29 is 15.0 Å². The quantitative estimate of drug-likeness (QED) is 0.0422. The second-order valence-corrected chi connectivity index (χ2v) is 18.7. The number of hydrogen-bond donors (Lipinski definition) is 3. The minimum Gasteiger partial charge on any atom is -0.394 e. The van der Waals surface area contributed by atoms with Crippen LogP contribution in [0.4, 0.5) is 0 Å². The van der Waals surface area contributed by atoms with E-state index in [0.717, 1.165) is 32.1 Å². The third kappa shape index (κ3) is 47.8. The number of aliphatic hydroxyl groups is 2. The Morgan fingerprint density at radius 1 is 0.407 bits per heavy atom. The van der Waals surface area contributed by atoms with Crippen LogP contribution in [0.15, 0.2) is 24.3 Å². The van der Waals surface area contributed by atoms with Crippen molar-refractivity contribution in [1.29, 1.82) is 0 Å². The Kier molecular flexibility index (Phi) is 50.2. The number of rotatable bonds is 50. The third-order valence-corrected chi connectivity index (χ3v) is 12.7. The van der Waals surface area contributed by atoms with Crippen molar-refractivity contribution in [2.75, 3.05) is 6.61 Å². The van der Waals surface area contributed by atoms with E-state index < -0.39 is 12.1 Å². The van der Waals surface area contributed by atoms with Gasteiger partial charge in [0, 0.05) is 6.42 Å². The van der Waals surface area contributed by atoms with Crippen LogP contribution < -0.4 is 5.32 Å². The van der Waals surface area contributed by atoms with Crippen molar-refractivity contribution in [2.24, 2.45) is 0 Å². The highest BCUT2D eigenvalue weighted by Crippen LogP contribution is 2.17. The molecule has 2 unspecified atom stereocenters. The molecule has 1 amide bonds. The summed E-state index contributed by atoms with van der Waals surface area (Å²) < 4.78 is 0. The van der Waals surface area contributed by atoms with Crippen LogP contribution in [0.25, 0.3) is 0 Å². The first kappa shape index (κ1) is 57.9. The summed E-state index contributed by atoms with van der Waals surface area (Å²) in [7, 11) is 0. The van der Waals surface area contributed by atoms with Gasteiger partial charge < -0.3 is 15.5 Å². The number of aliphatic hydroxyl groups excluding tert-OH is 2. The van der Waals surface area contributed by atoms with E-state index >= 15 is 0 Å². The molecule has 0 aliphatic rings. The maximum absolute atomic E-state index is 12.5. The summed E-state index contributed by atoms with van der Waals surface area (Å²) in [4.78, 5) is 12.5. The molecule has 0 saturated carbocycles. The Morgan fingerprint density at radius 3 is 1.02 bits per heavy atom. The highest BCUT2D eigenvalue weighted by atomic mass is 16.3. The molecule has 0 aromatic rings. The highest BCUT2D eigenvalue weighted by molar-refractivity contribution is 5.76. The number of unbranched alkanes of at least 4 members (excludes halogenated alkanes) is 39. The molecule has 4 nitrogen and oxygen atoms in total. The van der Waals surface area contributed by atoms with Gasteiger partial charge in [-0.1, -0.05) is 276 Å². The van der Waals surface area contributed by atoms with Crippen LogP contribution >= 0.6 is 0 Å². The van der Waals surface area contributed by atoms with Gasteiger partial charge in [-0.05, 0) is 44.9 Å². The minimum atomic E-state index is -0.658. The van der Waals surface area contributed by atoms with E-state index in [9.17, 15) is 15.0 Å². The van der Waals surface area contributed by atoms with Crippen molar-refractivity contribution in [2.45, 2.75) is 315 Å². The standard InChI is InChI=1S/C55H107NO3/c1-3-5-7-9-11-13-15-17-19-21-23-24-25-26-27-28-29-30-31-32-33-35-37-39-41-43-45-47-49-51-55(59)56-53(52-57)54(58)50-48-46-44-42-40-38-36-34-22-20-18-16-14-12-10-8-6-4-2/h23-24,26-27,53-54,57-58H,3-22,25,28-52H2,1-2H3,(H,56,59)/b24-23-,27-26-. The molecular weight excluding hydrogens is 723 g/mol. The monoisotopic (exact) mass is 830 g/mol. The topological polar surface area (TPSA) is 69.6 Å². The van der Waals surface area contributed by atoms with E-state index in [1.54, 1.807) is 0 Å². The number of allylic oxidation sites excluding steroid dienone is 4. The summed E-state index contributed by atoms with van der Waals surface area (Å²) in [5, 5.41) is 23.3. The summed E-state index contributed by atoms with van der Waals surface area (Å²) in [6.45, 7) is 4.39. The van der Waals surface area contributed by atoms with E-state index in [2.05, 4.69) is 43.5 Å². The van der Waals surface area contributed by atoms with Crippen molar-refractivity contribution >= 4 is 5.91 Å². The fourth-order valence-electron chi connectivity index (χ4n) is 8.57. The van der Waals surface area contributed by atoms with Crippen LogP contribution in [-0.2, 0) is 4.79 Å². The predicted octanol–water partition coefficient (Wildman–Crippen LogP) is 17.5. The first-order chi connectivity index (χ1) is 29.2. The minimum absolute atomic E-state index is 0.0279. The smallest absolute Gasteiger partial charge is 0.220 e. The lowest BCUT2D eigenvalue weighted by Gasteiger charge is -2.22. The largest absolute Gasteiger partial charge is 0.394 e. The number of carbonyl (C=O) groups is 1. The van der Waals surface area contributed by atoms with Gasteiger partial charge in [0.25, 0.3) is 0 Å². The molecule has 2 atom stereocenters. The molecule has 0 spiro atoms. The van der Waals surface area contributed by atoms with Gasteiger partial charge in [0.15, 0.2) is 0 Å². The fourth-order valence-corrected chi connectivity index (χ4v) is 8.57. The number of nitrogens with one attached hydrogen (secondary N) is 1. The van der Waals surface area contributed by atoms with Crippen LogP contribution in [-0.4, -0.2) is 34.9 Å². The van der Waals surface area contributed by atoms with E-state index in [1.807, 2.05) is 0 Å². The molecule has 0 heterocycles. The second kappa shape index (κ2) is 51.2. The Hall–Kier alpha value is -1.13. The molecule has 0 aromatic heterocycles. The van der Waals surface area contributed by atoms with Crippen molar-refractivity contribution in [3.05, 3.63) is 24.3 Å². The lowest BCUT2D eigenvalue weighted by molar-refractivity contribution is -0.123. The Balaban J connectivity index is 3.45. The molecule has 0 fully saturated rings. The summed E-state index contributed by atoms with van der Waals surface area (Å²) in [6.07, 6.45) is 67.2. The molecule has 0 rings (SSSR count). The van der Waals surface area contributed by atoms with Gasteiger partial charge in [-0.3, -0.25) is 4.79 Å². The van der Waals surface area contributed by atoms with Crippen LogP contribution in [0.1, 0.15) is 303 Å². The maximum atomic E-state index is 12.5. The SMILES string of the molecule is CCCCCCCCCCC/C=C\C/C=C\CCCCCCCCCCCCCCCC(=O)NC(CO)C(O)CCCCCCCCCCCCCCCCCCCC. The van der Waals surface area contributed by atoms with Gasteiger partial charge in [0.1, 0.15) is 0 Å². The Labute approximate surface area is 370 Å². The fraction of sp³-hybridized carbons (Fsp3) is 0.909. The molecular formula is C55H107NO3. The average molecular weight is 830 g/mol. The molecule has 0 aromatic carbocycles. The zero-order chi connectivity index (χ0) is 42.8. The molecule has 0 bridgehead atoms. The predicted molar refractivity (Wildman–Crippen MR) is 262 cm³/mol. The first-order valence-corrected chi connectivity index (χ1v) is 27.0. The number of amides is 1. The summed E-state index contributed by atoms with van der Waals surface area (Å²) >= 11 is 0. The highest BCUT2D eigenvalue weighted by Gasteiger charge is 2.20. The van der Waals surface area contributed by atoms with Crippen molar-refractivity contribution in [3.63, 3.8) is 0 Å². The van der Waals surface area contributed by atoms with E-state index in [1.165, 1.54) is 244 Å². The van der Waals surface area contributed by atoms with Crippen LogP contribution in [0, 0.1) is 0 Å². The number of carbonyl (C=O) groups excluding carboxylic acids is 1. The van der Waals surface area contributed by atoms with E-state index in [0.29, 0.717) is 12.8 Å². The Morgan fingerprint density at radius 2 is 0.695 bits per heavy atom. The molecule has 0 radical (unpaired) electrons. The zero-order valence-corrected chi connectivity index (χ0v) is 40.3. The molecule has 59 heavy (non-hydrogen) atoms. The molecule has 350 valence electrons. The summed E-state index contributed by atoms with van der Waals surface area (Å²) in [5.74, 6) is -0.0279. The summed E-state index contributed by atoms with van der Waals surface area (Å²) in [6, 6.07) is -0.535. The van der Waals surface area contributed by atoms with Gasteiger partial charge in [-0.2, -0.15) is 0 Å². The first-order valence-electron chi connectivity index (χ1n) is 27.0.